The number of nitrogens with zero attached hydrogens (tertiary/aromatic N) is 1. The summed E-state index contributed by atoms with van der Waals surface area (Å²) in [6.07, 6.45) is 1.12. The maximum absolute atomic E-state index is 6.39. The number of ether oxygens (including phenoxy) is 1. The van der Waals surface area contributed by atoms with Crippen molar-refractivity contribution in [3.63, 3.8) is 0 Å². The molecule has 0 aromatic heterocycles. The third kappa shape index (κ3) is 3.81. The van der Waals surface area contributed by atoms with Gasteiger partial charge in [-0.2, -0.15) is 0 Å². The van der Waals surface area contributed by atoms with Gasteiger partial charge in [0, 0.05) is 25.2 Å². The molecule has 0 bridgehead atoms. The Morgan fingerprint density at radius 3 is 2.50 bits per heavy atom. The molecule has 1 saturated heterocycles. The molecule has 1 aromatic carbocycles. The van der Waals surface area contributed by atoms with Crippen molar-refractivity contribution >= 4 is 0 Å². The van der Waals surface area contributed by atoms with Gasteiger partial charge in [0.05, 0.1) is 13.2 Å². The summed E-state index contributed by atoms with van der Waals surface area (Å²) >= 11 is 0. The second-order valence-electron chi connectivity index (χ2n) is 6.06. The summed E-state index contributed by atoms with van der Waals surface area (Å²) in [6, 6.07) is 9.38. The first-order valence-electron chi connectivity index (χ1n) is 7.79. The Hall–Kier alpha value is -0.900. The summed E-state index contributed by atoms with van der Waals surface area (Å²) in [7, 11) is 0. The molecule has 2 rings (SSSR count). The highest BCUT2D eigenvalue weighted by molar-refractivity contribution is 5.26. The second-order valence-corrected chi connectivity index (χ2v) is 6.06. The van der Waals surface area contributed by atoms with Crippen molar-refractivity contribution in [1.82, 2.24) is 4.90 Å². The van der Waals surface area contributed by atoms with Gasteiger partial charge in [-0.3, -0.25) is 4.90 Å². The number of nitrogens with two attached hydrogens (primary N) is 1. The van der Waals surface area contributed by atoms with E-state index in [4.69, 9.17) is 10.5 Å². The zero-order valence-corrected chi connectivity index (χ0v) is 13.0. The molecule has 0 spiro atoms. The highest BCUT2D eigenvalue weighted by atomic mass is 16.5. The average molecular weight is 276 g/mol. The minimum atomic E-state index is 0.0864. The molecule has 3 nitrogen and oxygen atoms in total. The van der Waals surface area contributed by atoms with Crippen molar-refractivity contribution in [3.05, 3.63) is 35.4 Å². The minimum absolute atomic E-state index is 0.0864. The number of hydrogen-bond acceptors (Lipinski definition) is 3. The van der Waals surface area contributed by atoms with Crippen molar-refractivity contribution in [2.24, 2.45) is 5.73 Å². The molecule has 2 atom stereocenters. The van der Waals surface area contributed by atoms with E-state index in [2.05, 4.69) is 49.9 Å². The van der Waals surface area contributed by atoms with Crippen LogP contribution in [0.15, 0.2) is 24.3 Å². The molecule has 1 aliphatic heterocycles. The number of benzene rings is 1. The van der Waals surface area contributed by atoms with Gasteiger partial charge in [0.25, 0.3) is 0 Å². The molecule has 1 fully saturated rings. The Morgan fingerprint density at radius 1 is 1.25 bits per heavy atom. The lowest BCUT2D eigenvalue weighted by molar-refractivity contribution is -0.0110. The fraction of sp³-hybridized carbons (Fsp3) is 0.647. The normalized spacial score (nSPS) is 22.1. The number of rotatable bonds is 5. The van der Waals surface area contributed by atoms with Crippen LogP contribution in [0.5, 0.6) is 0 Å². The molecule has 1 aromatic rings. The van der Waals surface area contributed by atoms with Gasteiger partial charge < -0.3 is 10.5 Å². The second kappa shape index (κ2) is 7.21. The predicted octanol–water partition coefficient (Wildman–Crippen LogP) is 2.92. The van der Waals surface area contributed by atoms with Crippen LogP contribution < -0.4 is 5.73 Å². The first-order chi connectivity index (χ1) is 9.61. The van der Waals surface area contributed by atoms with E-state index in [1.54, 1.807) is 0 Å². The van der Waals surface area contributed by atoms with Crippen molar-refractivity contribution in [2.75, 3.05) is 26.3 Å². The molecule has 0 amide bonds. The van der Waals surface area contributed by atoms with Crippen LogP contribution >= 0.6 is 0 Å². The van der Waals surface area contributed by atoms with Crippen LogP contribution in [0.3, 0.4) is 0 Å². The fourth-order valence-corrected chi connectivity index (χ4v) is 2.79. The zero-order chi connectivity index (χ0) is 14.5. The largest absolute Gasteiger partial charge is 0.378 e. The van der Waals surface area contributed by atoms with Gasteiger partial charge in [0.1, 0.15) is 0 Å². The highest BCUT2D eigenvalue weighted by Gasteiger charge is 2.23. The van der Waals surface area contributed by atoms with E-state index in [-0.39, 0.29) is 6.04 Å². The molecule has 2 N–H and O–H groups in total. The summed E-state index contributed by atoms with van der Waals surface area (Å²) in [5.74, 6) is 0.573. The molecule has 3 heteroatoms. The molecular weight excluding hydrogens is 248 g/mol. The van der Waals surface area contributed by atoms with Crippen LogP contribution in [0.25, 0.3) is 0 Å². The van der Waals surface area contributed by atoms with E-state index < -0.39 is 0 Å². The third-order valence-electron chi connectivity index (χ3n) is 4.28. The quantitative estimate of drug-likeness (QED) is 0.898. The van der Waals surface area contributed by atoms with Gasteiger partial charge in [0.2, 0.25) is 0 Å². The van der Waals surface area contributed by atoms with Crippen molar-refractivity contribution < 1.29 is 4.74 Å². The standard InChI is InChI=1S/C17H28N2O/c1-4-16-12-20-10-9-19(16)11-17(18)15-7-5-14(6-8-15)13(2)3/h5-8,13,16-17H,4,9-12,18H2,1-3H3. The molecule has 0 saturated carbocycles. The lowest BCUT2D eigenvalue weighted by Gasteiger charge is -2.36. The smallest absolute Gasteiger partial charge is 0.0622 e. The topological polar surface area (TPSA) is 38.5 Å². The minimum Gasteiger partial charge on any atom is -0.378 e. The summed E-state index contributed by atoms with van der Waals surface area (Å²) in [6.45, 7) is 10.2. The summed E-state index contributed by atoms with van der Waals surface area (Å²) in [5, 5.41) is 0. The molecule has 0 radical (unpaired) electrons. The van der Waals surface area contributed by atoms with E-state index in [1.165, 1.54) is 11.1 Å². The summed E-state index contributed by atoms with van der Waals surface area (Å²) in [4.78, 5) is 2.48. The number of morpholine rings is 1. The zero-order valence-electron chi connectivity index (χ0n) is 13.0. The van der Waals surface area contributed by atoms with Crippen LogP contribution in [0.1, 0.15) is 50.3 Å². The molecule has 20 heavy (non-hydrogen) atoms. The van der Waals surface area contributed by atoms with Crippen LogP contribution in [-0.2, 0) is 4.74 Å². The lowest BCUT2D eigenvalue weighted by Crippen LogP contribution is -2.47. The van der Waals surface area contributed by atoms with Crippen LogP contribution in [0, 0.1) is 0 Å². The van der Waals surface area contributed by atoms with E-state index in [0.29, 0.717) is 12.0 Å². The maximum atomic E-state index is 6.39. The molecule has 112 valence electrons. The SMILES string of the molecule is CCC1COCCN1CC(N)c1ccc(C(C)C)cc1. The molecule has 1 heterocycles. The van der Waals surface area contributed by atoms with E-state index >= 15 is 0 Å². The van der Waals surface area contributed by atoms with Crippen molar-refractivity contribution in [1.29, 1.82) is 0 Å². The van der Waals surface area contributed by atoms with Gasteiger partial charge in [-0.1, -0.05) is 45.0 Å². The Bertz CT molecular complexity index is 402. The van der Waals surface area contributed by atoms with Crippen LogP contribution in [-0.4, -0.2) is 37.2 Å². The highest BCUT2D eigenvalue weighted by Crippen LogP contribution is 2.20. The van der Waals surface area contributed by atoms with Crippen molar-refractivity contribution in [2.45, 2.75) is 45.2 Å². The van der Waals surface area contributed by atoms with E-state index in [0.717, 1.165) is 32.7 Å². The van der Waals surface area contributed by atoms with Crippen LogP contribution in [0.4, 0.5) is 0 Å². The Morgan fingerprint density at radius 2 is 1.90 bits per heavy atom. The fourth-order valence-electron chi connectivity index (χ4n) is 2.79. The lowest BCUT2D eigenvalue weighted by atomic mass is 9.99. The third-order valence-corrected chi connectivity index (χ3v) is 4.28. The Kier molecular flexibility index (Phi) is 5.58. The maximum Gasteiger partial charge on any atom is 0.0622 e. The Balaban J connectivity index is 1.98. The van der Waals surface area contributed by atoms with E-state index in [1.807, 2.05) is 0 Å². The van der Waals surface area contributed by atoms with Crippen LogP contribution in [0.2, 0.25) is 0 Å². The molecule has 1 aliphatic rings. The van der Waals surface area contributed by atoms with Gasteiger partial charge in [0.15, 0.2) is 0 Å². The van der Waals surface area contributed by atoms with Gasteiger partial charge >= 0.3 is 0 Å². The predicted molar refractivity (Wildman–Crippen MR) is 83.9 cm³/mol. The molecular formula is C17H28N2O. The summed E-state index contributed by atoms with van der Waals surface area (Å²) in [5.41, 5.74) is 8.99. The Labute approximate surface area is 123 Å². The average Bonchev–Trinajstić information content (AvgIpc) is 2.48. The number of hydrogen-bond donors (Lipinski definition) is 1. The first-order valence-corrected chi connectivity index (χ1v) is 7.79. The first kappa shape index (κ1) is 15.5. The van der Waals surface area contributed by atoms with E-state index in [9.17, 15) is 0 Å². The van der Waals surface area contributed by atoms with Gasteiger partial charge in [-0.05, 0) is 23.5 Å². The van der Waals surface area contributed by atoms with Gasteiger partial charge in [-0.25, -0.2) is 0 Å². The monoisotopic (exact) mass is 276 g/mol. The summed E-state index contributed by atoms with van der Waals surface area (Å²) < 4.78 is 5.55. The van der Waals surface area contributed by atoms with Gasteiger partial charge in [-0.15, -0.1) is 0 Å². The van der Waals surface area contributed by atoms with Crippen molar-refractivity contribution in [3.8, 4) is 0 Å². The molecule has 0 aliphatic carbocycles. The molecule has 2 unspecified atom stereocenters.